The van der Waals surface area contributed by atoms with Gasteiger partial charge in [-0.2, -0.15) is 0 Å². The molecule has 5 nitrogen and oxygen atoms in total. The van der Waals surface area contributed by atoms with E-state index in [1.165, 1.54) is 16.0 Å². The Morgan fingerprint density at radius 3 is 2.41 bits per heavy atom. The molecule has 1 aliphatic rings. The highest BCUT2D eigenvalue weighted by Crippen LogP contribution is 2.31. The van der Waals surface area contributed by atoms with E-state index in [-0.39, 0.29) is 0 Å². The molecule has 118 valence electrons. The highest BCUT2D eigenvalue weighted by molar-refractivity contribution is 7.71. The Morgan fingerprint density at radius 1 is 1.14 bits per heavy atom. The van der Waals surface area contributed by atoms with Crippen LogP contribution in [0.1, 0.15) is 11.1 Å². The van der Waals surface area contributed by atoms with Gasteiger partial charge in [-0.15, -0.1) is 0 Å². The van der Waals surface area contributed by atoms with Gasteiger partial charge in [0.1, 0.15) is 6.54 Å². The summed E-state index contributed by atoms with van der Waals surface area (Å²) in [5, 5.41) is 0. The van der Waals surface area contributed by atoms with Crippen molar-refractivity contribution >= 4 is 12.2 Å². The smallest absolute Gasteiger partial charge is 0.183 e. The Hall–Kier alpha value is -1.79. The molecule has 2 aromatic rings. The van der Waals surface area contributed by atoms with Gasteiger partial charge in [0.2, 0.25) is 0 Å². The fourth-order valence-electron chi connectivity index (χ4n) is 3.04. The Balaban J connectivity index is 1.81. The zero-order valence-corrected chi connectivity index (χ0v) is 14.1. The van der Waals surface area contributed by atoms with E-state index in [2.05, 4.69) is 22.9 Å². The predicted molar refractivity (Wildman–Crippen MR) is 87.0 cm³/mol. The molecule has 1 aromatic heterocycles. The van der Waals surface area contributed by atoms with Crippen LogP contribution in [-0.4, -0.2) is 29.9 Å². The lowest BCUT2D eigenvalue weighted by Gasteiger charge is -2.27. The van der Waals surface area contributed by atoms with Gasteiger partial charge in [-0.05, 0) is 29.9 Å². The van der Waals surface area contributed by atoms with Crippen LogP contribution in [0.2, 0.25) is 0 Å². The van der Waals surface area contributed by atoms with Gasteiger partial charge >= 0.3 is 0 Å². The molecule has 0 spiro atoms. The van der Waals surface area contributed by atoms with Crippen LogP contribution >= 0.6 is 12.2 Å². The molecule has 0 fully saturated rings. The van der Waals surface area contributed by atoms with Crippen LogP contribution in [0.5, 0.6) is 11.5 Å². The first-order valence-corrected chi connectivity index (χ1v) is 7.82. The lowest BCUT2D eigenvalue weighted by molar-refractivity contribution is -0.938. The molecule has 0 amide bonds. The van der Waals surface area contributed by atoms with E-state index >= 15 is 0 Å². The van der Waals surface area contributed by atoms with Gasteiger partial charge in [0.15, 0.2) is 22.9 Å². The SMILES string of the molecule is COc1cc2c(cc1OC)C[NH+](Cn1ccn(C)c1=S)CC2. The summed E-state index contributed by atoms with van der Waals surface area (Å²) in [6.45, 7) is 2.97. The fraction of sp³-hybridized carbons (Fsp3) is 0.438. The van der Waals surface area contributed by atoms with Gasteiger partial charge in [-0.3, -0.25) is 4.57 Å². The van der Waals surface area contributed by atoms with Crippen molar-refractivity contribution in [3.05, 3.63) is 40.4 Å². The lowest BCUT2D eigenvalue weighted by Crippen LogP contribution is -3.11. The van der Waals surface area contributed by atoms with Gasteiger partial charge in [-0.1, -0.05) is 0 Å². The molecule has 2 heterocycles. The summed E-state index contributed by atoms with van der Waals surface area (Å²) < 4.78 is 15.8. The average molecular weight is 320 g/mol. The minimum Gasteiger partial charge on any atom is -0.493 e. The molecule has 6 heteroatoms. The summed E-state index contributed by atoms with van der Waals surface area (Å²) in [4.78, 5) is 1.50. The minimum atomic E-state index is 0.804. The predicted octanol–water partition coefficient (Wildman–Crippen LogP) is 1.17. The summed E-state index contributed by atoms with van der Waals surface area (Å²) >= 11 is 5.42. The molecule has 1 N–H and O–H groups in total. The molecule has 22 heavy (non-hydrogen) atoms. The number of rotatable bonds is 4. The van der Waals surface area contributed by atoms with Gasteiger partial charge < -0.3 is 18.9 Å². The first-order chi connectivity index (χ1) is 10.6. The third-order valence-electron chi connectivity index (χ3n) is 4.31. The number of aryl methyl sites for hydroxylation is 1. The quantitative estimate of drug-likeness (QED) is 0.859. The Kier molecular flexibility index (Phi) is 4.22. The number of fused-ring (bicyclic) bond motifs is 1. The number of hydrogen-bond donors (Lipinski definition) is 1. The van der Waals surface area contributed by atoms with Gasteiger partial charge in [-0.25, -0.2) is 0 Å². The number of hydrogen-bond acceptors (Lipinski definition) is 3. The molecule has 3 rings (SSSR count). The second-order valence-electron chi connectivity index (χ2n) is 5.72. The van der Waals surface area contributed by atoms with Crippen LogP contribution in [0.3, 0.4) is 0 Å². The number of nitrogens with one attached hydrogen (secondary N) is 1. The number of ether oxygens (including phenoxy) is 2. The highest BCUT2D eigenvalue weighted by Gasteiger charge is 2.22. The first kappa shape index (κ1) is 15.1. The van der Waals surface area contributed by atoms with E-state index in [1.807, 2.05) is 17.8 Å². The average Bonchev–Trinajstić information content (AvgIpc) is 2.85. The van der Waals surface area contributed by atoms with Crippen LogP contribution < -0.4 is 14.4 Å². The maximum absolute atomic E-state index is 5.42. The molecule has 1 aromatic carbocycles. The summed E-state index contributed by atoms with van der Waals surface area (Å²) in [7, 11) is 5.35. The largest absolute Gasteiger partial charge is 0.493 e. The summed E-state index contributed by atoms with van der Waals surface area (Å²) in [6, 6.07) is 4.22. The van der Waals surface area contributed by atoms with Crippen molar-refractivity contribution in [1.29, 1.82) is 0 Å². The number of imidazole rings is 1. The number of quaternary nitrogens is 1. The van der Waals surface area contributed by atoms with Crippen LogP contribution in [0.25, 0.3) is 0 Å². The van der Waals surface area contributed by atoms with E-state index in [0.29, 0.717) is 0 Å². The van der Waals surface area contributed by atoms with E-state index in [0.717, 1.165) is 42.4 Å². The molecule has 0 saturated heterocycles. The van der Waals surface area contributed by atoms with E-state index in [1.54, 1.807) is 14.2 Å². The van der Waals surface area contributed by atoms with Crippen molar-refractivity contribution < 1.29 is 14.4 Å². The molecule has 1 aliphatic heterocycles. The third-order valence-corrected chi connectivity index (χ3v) is 4.83. The maximum Gasteiger partial charge on any atom is 0.183 e. The zero-order valence-electron chi connectivity index (χ0n) is 13.3. The second-order valence-corrected chi connectivity index (χ2v) is 6.09. The number of nitrogens with zero attached hydrogens (tertiary/aromatic N) is 2. The van der Waals surface area contributed by atoms with Crippen molar-refractivity contribution in [2.75, 3.05) is 20.8 Å². The fourth-order valence-corrected chi connectivity index (χ4v) is 3.22. The second kappa shape index (κ2) is 6.14. The highest BCUT2D eigenvalue weighted by atomic mass is 32.1. The van der Waals surface area contributed by atoms with Crippen LogP contribution in [0, 0.1) is 4.77 Å². The van der Waals surface area contributed by atoms with Crippen molar-refractivity contribution in [3.63, 3.8) is 0 Å². The van der Waals surface area contributed by atoms with E-state index < -0.39 is 0 Å². The molecule has 0 bridgehead atoms. The summed E-state index contributed by atoms with van der Waals surface area (Å²) in [5.41, 5.74) is 2.69. The number of methoxy groups -OCH3 is 2. The minimum absolute atomic E-state index is 0.804. The summed E-state index contributed by atoms with van der Waals surface area (Å²) in [5.74, 6) is 1.62. The summed E-state index contributed by atoms with van der Waals surface area (Å²) in [6.07, 6.45) is 5.11. The normalized spacial score (nSPS) is 17.1. The van der Waals surface area contributed by atoms with Gasteiger partial charge in [0.25, 0.3) is 0 Å². The monoisotopic (exact) mass is 320 g/mol. The zero-order chi connectivity index (χ0) is 15.7. The lowest BCUT2D eigenvalue weighted by atomic mass is 9.99. The topological polar surface area (TPSA) is 32.8 Å². The molecule has 0 radical (unpaired) electrons. The first-order valence-electron chi connectivity index (χ1n) is 7.41. The molecule has 0 aliphatic carbocycles. The van der Waals surface area contributed by atoms with E-state index in [4.69, 9.17) is 21.7 Å². The van der Waals surface area contributed by atoms with Gasteiger partial charge in [0, 0.05) is 31.4 Å². The Bertz CT molecular complexity index is 735. The van der Waals surface area contributed by atoms with Crippen LogP contribution in [0.15, 0.2) is 24.5 Å². The third kappa shape index (κ3) is 2.76. The molecule has 0 saturated carbocycles. The van der Waals surface area contributed by atoms with Crippen molar-refractivity contribution in [2.24, 2.45) is 7.05 Å². The standard InChI is InChI=1S/C16H21N3O2S/c1-17-6-7-19(16(17)22)11-18-5-4-12-8-14(20-2)15(21-3)9-13(12)10-18/h6-9H,4-5,10-11H2,1-3H3/p+1. The van der Waals surface area contributed by atoms with Crippen molar-refractivity contribution in [2.45, 2.75) is 19.6 Å². The Labute approximate surface area is 135 Å². The molecular weight excluding hydrogens is 298 g/mol. The van der Waals surface area contributed by atoms with Crippen LogP contribution in [0.4, 0.5) is 0 Å². The van der Waals surface area contributed by atoms with E-state index in [9.17, 15) is 0 Å². The van der Waals surface area contributed by atoms with Crippen LogP contribution in [-0.2, 0) is 26.7 Å². The van der Waals surface area contributed by atoms with Crippen molar-refractivity contribution in [1.82, 2.24) is 9.13 Å². The molecule has 1 atom stereocenters. The van der Waals surface area contributed by atoms with Crippen molar-refractivity contribution in [3.8, 4) is 11.5 Å². The van der Waals surface area contributed by atoms with Gasteiger partial charge in [0.05, 0.1) is 20.8 Å². The number of aromatic nitrogens is 2. The Morgan fingerprint density at radius 2 is 1.82 bits per heavy atom. The molecular formula is C16H22N3O2S+. The maximum atomic E-state index is 5.42. The molecule has 1 unspecified atom stereocenters. The number of benzene rings is 1.